The molecule has 1 aliphatic carbocycles. The molecular weight excluding hydrogens is 375 g/mol. The van der Waals surface area contributed by atoms with E-state index >= 15 is 0 Å². The molecule has 8 heteroatoms. The lowest BCUT2D eigenvalue weighted by Gasteiger charge is -2.26. The fourth-order valence-electron chi connectivity index (χ4n) is 3.96. The van der Waals surface area contributed by atoms with E-state index in [1.54, 1.807) is 18.6 Å². The molecule has 0 amide bonds. The first kappa shape index (κ1) is 15.9. The normalized spacial score (nSPS) is 24.1. The first-order valence-electron chi connectivity index (χ1n) is 8.33. The van der Waals surface area contributed by atoms with Crippen LogP contribution in [-0.2, 0) is 4.79 Å². The van der Waals surface area contributed by atoms with Gasteiger partial charge >= 0.3 is 5.97 Å². The minimum Gasteiger partial charge on any atom is -0.480 e. The number of pyridine rings is 1. The van der Waals surface area contributed by atoms with Gasteiger partial charge in [-0.3, -0.25) is 0 Å². The van der Waals surface area contributed by atoms with E-state index in [4.69, 9.17) is 28.2 Å². The van der Waals surface area contributed by atoms with Gasteiger partial charge in [-0.2, -0.15) is 0 Å². The third-order valence-electron chi connectivity index (χ3n) is 5.27. The summed E-state index contributed by atoms with van der Waals surface area (Å²) in [5, 5.41) is 11.2. The molecule has 3 aromatic rings. The average Bonchev–Trinajstić information content (AvgIpc) is 3.05. The maximum atomic E-state index is 11.7. The number of fused-ring (bicyclic) bond motifs is 2. The van der Waals surface area contributed by atoms with E-state index in [2.05, 4.69) is 4.98 Å². The number of hydrogen-bond donors (Lipinski definition) is 1. The summed E-state index contributed by atoms with van der Waals surface area (Å²) in [6, 6.07) is 5.19. The number of carboxylic acid groups (broad SMARTS) is 1. The Morgan fingerprint density at radius 1 is 1.27 bits per heavy atom. The molecule has 0 radical (unpaired) electrons. The number of piperidine rings is 1. The molecular formula is C18H14Cl2N4O2. The van der Waals surface area contributed by atoms with Crippen molar-refractivity contribution in [2.75, 3.05) is 4.90 Å². The van der Waals surface area contributed by atoms with E-state index in [1.165, 1.54) is 0 Å². The van der Waals surface area contributed by atoms with Gasteiger partial charge in [-0.1, -0.05) is 23.2 Å². The van der Waals surface area contributed by atoms with Gasteiger partial charge in [0.25, 0.3) is 0 Å². The Balaban J connectivity index is 1.76. The number of imidazole rings is 1. The van der Waals surface area contributed by atoms with E-state index in [1.807, 2.05) is 27.8 Å². The van der Waals surface area contributed by atoms with Gasteiger partial charge in [0.1, 0.15) is 11.9 Å². The van der Waals surface area contributed by atoms with Crippen LogP contribution in [0, 0.1) is 5.92 Å². The molecule has 5 rings (SSSR count). The van der Waals surface area contributed by atoms with Crippen molar-refractivity contribution in [1.82, 2.24) is 14.5 Å². The second-order valence-electron chi connectivity index (χ2n) is 6.79. The minimum absolute atomic E-state index is 0.231. The van der Waals surface area contributed by atoms with Gasteiger partial charge in [0.2, 0.25) is 0 Å². The van der Waals surface area contributed by atoms with Crippen LogP contribution in [0.2, 0.25) is 10.0 Å². The van der Waals surface area contributed by atoms with Gasteiger partial charge in [0.15, 0.2) is 0 Å². The highest BCUT2D eigenvalue weighted by atomic mass is 35.5. The lowest BCUT2D eigenvalue weighted by atomic mass is 10.1. The number of hydrogen-bond acceptors (Lipinski definition) is 4. The third kappa shape index (κ3) is 2.29. The summed E-state index contributed by atoms with van der Waals surface area (Å²) in [6.07, 6.45) is 6.88. The van der Waals surface area contributed by atoms with E-state index in [-0.39, 0.29) is 6.04 Å². The van der Waals surface area contributed by atoms with Crippen LogP contribution in [0.25, 0.3) is 16.6 Å². The maximum Gasteiger partial charge on any atom is 0.326 e. The Kier molecular flexibility index (Phi) is 3.42. The van der Waals surface area contributed by atoms with Crippen molar-refractivity contribution in [2.24, 2.45) is 5.92 Å². The number of aromatic nitrogens is 3. The summed E-state index contributed by atoms with van der Waals surface area (Å²) in [7, 11) is 0. The highest BCUT2D eigenvalue weighted by Crippen LogP contribution is 2.50. The van der Waals surface area contributed by atoms with Crippen molar-refractivity contribution in [1.29, 1.82) is 0 Å². The fraction of sp³-hybridized carbons (Fsp3) is 0.278. The van der Waals surface area contributed by atoms with Gasteiger partial charge < -0.3 is 14.6 Å². The predicted octanol–water partition coefficient (Wildman–Crippen LogP) is 3.78. The molecule has 0 unspecified atom stereocenters. The zero-order valence-electron chi connectivity index (χ0n) is 13.5. The van der Waals surface area contributed by atoms with Gasteiger partial charge in [-0.25, -0.2) is 14.8 Å². The quantitative estimate of drug-likeness (QED) is 0.738. The number of carboxylic acids is 1. The number of rotatable bonds is 3. The Hall–Kier alpha value is -2.31. The van der Waals surface area contributed by atoms with Crippen LogP contribution in [0.3, 0.4) is 0 Å². The number of halogens is 2. The Morgan fingerprint density at radius 3 is 2.85 bits per heavy atom. The summed E-state index contributed by atoms with van der Waals surface area (Å²) in [6.45, 7) is 0. The van der Waals surface area contributed by atoms with Crippen molar-refractivity contribution >= 4 is 45.9 Å². The molecule has 3 heterocycles. The summed E-state index contributed by atoms with van der Waals surface area (Å²) in [5.41, 5.74) is 1.41. The SMILES string of the molecule is O=C(O)[C@@H]1C[C@H]2C[C@H]2N1c1cc(-n2ccnc2)c2ccc(Cl)c(Cl)c2n1. The smallest absolute Gasteiger partial charge is 0.326 e. The largest absolute Gasteiger partial charge is 0.480 e. The lowest BCUT2D eigenvalue weighted by Crippen LogP contribution is -2.39. The van der Waals surface area contributed by atoms with Crippen molar-refractivity contribution < 1.29 is 9.90 Å². The van der Waals surface area contributed by atoms with Gasteiger partial charge in [0, 0.05) is 29.9 Å². The molecule has 2 aromatic heterocycles. The average molecular weight is 389 g/mol. The van der Waals surface area contributed by atoms with E-state index in [9.17, 15) is 9.90 Å². The van der Waals surface area contributed by atoms with E-state index in [0.717, 1.165) is 17.5 Å². The Labute approximate surface area is 159 Å². The van der Waals surface area contributed by atoms with E-state index < -0.39 is 12.0 Å². The summed E-state index contributed by atoms with van der Waals surface area (Å²) in [4.78, 5) is 22.5. The van der Waals surface area contributed by atoms with Crippen LogP contribution in [0.1, 0.15) is 12.8 Å². The van der Waals surface area contributed by atoms with Crippen molar-refractivity contribution in [2.45, 2.75) is 24.9 Å². The van der Waals surface area contributed by atoms with Crippen LogP contribution in [0.15, 0.2) is 36.9 Å². The molecule has 3 atom stereocenters. The van der Waals surface area contributed by atoms with Crippen molar-refractivity contribution in [3.63, 3.8) is 0 Å². The number of aliphatic carboxylic acids is 1. The summed E-state index contributed by atoms with van der Waals surface area (Å²) >= 11 is 12.6. The molecule has 1 saturated carbocycles. The molecule has 2 aliphatic rings. The van der Waals surface area contributed by atoms with Crippen LogP contribution in [-0.4, -0.2) is 37.7 Å². The summed E-state index contributed by atoms with van der Waals surface area (Å²) in [5.74, 6) is 0.225. The number of anilines is 1. The summed E-state index contributed by atoms with van der Waals surface area (Å²) < 4.78 is 1.87. The molecule has 1 aliphatic heterocycles. The van der Waals surface area contributed by atoms with Gasteiger partial charge in [-0.05, 0) is 30.9 Å². The Morgan fingerprint density at radius 2 is 2.12 bits per heavy atom. The predicted molar refractivity (Wildman–Crippen MR) is 99.3 cm³/mol. The Bertz CT molecular complexity index is 1040. The number of carbonyl (C=O) groups is 1. The molecule has 132 valence electrons. The molecule has 2 fully saturated rings. The molecule has 6 nitrogen and oxygen atoms in total. The van der Waals surface area contributed by atoms with E-state index in [0.29, 0.717) is 33.7 Å². The van der Waals surface area contributed by atoms with Crippen LogP contribution < -0.4 is 4.90 Å². The number of nitrogens with zero attached hydrogens (tertiary/aromatic N) is 4. The second-order valence-corrected chi connectivity index (χ2v) is 7.57. The first-order valence-corrected chi connectivity index (χ1v) is 9.08. The molecule has 0 bridgehead atoms. The zero-order valence-corrected chi connectivity index (χ0v) is 15.0. The molecule has 1 N–H and O–H groups in total. The molecule has 1 saturated heterocycles. The first-order chi connectivity index (χ1) is 12.5. The number of benzene rings is 1. The monoisotopic (exact) mass is 388 g/mol. The zero-order chi connectivity index (χ0) is 18.0. The molecule has 1 aromatic carbocycles. The molecule has 26 heavy (non-hydrogen) atoms. The third-order valence-corrected chi connectivity index (χ3v) is 6.07. The molecule has 0 spiro atoms. The minimum atomic E-state index is -0.819. The van der Waals surface area contributed by atoms with Crippen molar-refractivity contribution in [3.05, 3.63) is 47.0 Å². The highest BCUT2D eigenvalue weighted by Gasteiger charge is 2.55. The van der Waals surface area contributed by atoms with Crippen LogP contribution in [0.4, 0.5) is 5.82 Å². The standard InChI is InChI=1S/C18H14Cl2N4O2/c19-11-2-1-10-13(23-4-3-21-8-23)7-15(22-17(10)16(11)20)24-12-5-9(12)6-14(24)18(25)26/h1-4,7-9,12,14H,5-6H2,(H,25,26)/t9-,12-,14+/m1/s1. The highest BCUT2D eigenvalue weighted by molar-refractivity contribution is 6.45. The maximum absolute atomic E-state index is 11.7. The lowest BCUT2D eigenvalue weighted by molar-refractivity contribution is -0.138. The van der Waals surface area contributed by atoms with Crippen LogP contribution in [0.5, 0.6) is 0 Å². The fourth-order valence-corrected chi connectivity index (χ4v) is 4.32. The second kappa shape index (κ2) is 5.59. The topological polar surface area (TPSA) is 71.2 Å². The van der Waals surface area contributed by atoms with Gasteiger partial charge in [0.05, 0.1) is 27.6 Å². The van der Waals surface area contributed by atoms with Gasteiger partial charge in [-0.15, -0.1) is 0 Å². The van der Waals surface area contributed by atoms with Crippen LogP contribution >= 0.6 is 23.2 Å². The van der Waals surface area contributed by atoms with Crippen molar-refractivity contribution in [3.8, 4) is 5.69 Å².